The molecule has 104 valence electrons. The number of nitrogens with zero attached hydrogens (tertiary/aromatic N) is 3. The first-order valence-electron chi connectivity index (χ1n) is 7.22. The molecule has 0 radical (unpaired) electrons. The van der Waals surface area contributed by atoms with Crippen molar-refractivity contribution in [1.29, 1.82) is 0 Å². The van der Waals surface area contributed by atoms with E-state index in [1.165, 1.54) is 25.7 Å². The Hall–Kier alpha value is -1.52. The number of hydrogen-bond acceptors (Lipinski definition) is 3. The predicted molar refractivity (Wildman–Crippen MR) is 73.8 cm³/mol. The maximum atomic E-state index is 6.05. The Morgan fingerprint density at radius 1 is 1.53 bits per heavy atom. The van der Waals surface area contributed by atoms with E-state index in [1.54, 1.807) is 6.20 Å². The lowest BCUT2D eigenvalue weighted by molar-refractivity contribution is 0.270. The molecule has 0 spiro atoms. The van der Waals surface area contributed by atoms with Gasteiger partial charge in [-0.25, -0.2) is 9.98 Å². The third kappa shape index (κ3) is 3.08. The smallest absolute Gasteiger partial charge is 0.197 e. The van der Waals surface area contributed by atoms with Crippen LogP contribution >= 0.6 is 0 Å². The number of aromatic nitrogens is 1. The molecule has 1 aliphatic heterocycles. The average molecular weight is 262 g/mol. The van der Waals surface area contributed by atoms with Gasteiger partial charge in [0.05, 0.1) is 6.20 Å². The highest BCUT2D eigenvalue weighted by molar-refractivity contribution is 5.78. The molecule has 1 atom stereocenters. The van der Waals surface area contributed by atoms with Gasteiger partial charge in [0.15, 0.2) is 11.9 Å². The van der Waals surface area contributed by atoms with Gasteiger partial charge in [-0.3, -0.25) is 0 Å². The highest BCUT2D eigenvalue weighted by Crippen LogP contribution is 2.39. The van der Waals surface area contributed by atoms with E-state index in [4.69, 9.17) is 10.2 Å². The van der Waals surface area contributed by atoms with E-state index in [-0.39, 0.29) is 0 Å². The Kier molecular flexibility index (Phi) is 3.44. The van der Waals surface area contributed by atoms with Crippen LogP contribution in [0.5, 0.6) is 0 Å². The Balaban J connectivity index is 1.57. The number of hydrogen-bond donors (Lipinski definition) is 1. The molecule has 2 heterocycles. The first-order valence-corrected chi connectivity index (χ1v) is 7.22. The largest absolute Gasteiger partial charge is 0.443 e. The average Bonchev–Trinajstić information content (AvgIpc) is 3.15. The maximum absolute atomic E-state index is 6.05. The van der Waals surface area contributed by atoms with E-state index in [2.05, 4.69) is 21.8 Å². The summed E-state index contributed by atoms with van der Waals surface area (Å²) >= 11 is 0. The molecular weight excluding hydrogens is 240 g/mol. The van der Waals surface area contributed by atoms with Crippen molar-refractivity contribution < 1.29 is 4.42 Å². The van der Waals surface area contributed by atoms with Crippen molar-refractivity contribution in [3.05, 3.63) is 17.8 Å². The first kappa shape index (κ1) is 12.5. The number of likely N-dealkylation sites (tertiary alicyclic amines) is 1. The normalized spacial score (nSPS) is 24.8. The molecule has 2 aliphatic rings. The molecule has 1 saturated heterocycles. The summed E-state index contributed by atoms with van der Waals surface area (Å²) in [5.74, 6) is 3.58. The van der Waals surface area contributed by atoms with Crippen molar-refractivity contribution in [2.24, 2.45) is 16.6 Å². The predicted octanol–water partition coefficient (Wildman–Crippen LogP) is 2.10. The van der Waals surface area contributed by atoms with Gasteiger partial charge in [0.25, 0.3) is 0 Å². The third-order valence-electron chi connectivity index (χ3n) is 3.88. The van der Waals surface area contributed by atoms with Crippen LogP contribution in [0.25, 0.3) is 0 Å². The monoisotopic (exact) mass is 262 g/mol. The molecule has 1 saturated carbocycles. The Morgan fingerprint density at radius 3 is 3.11 bits per heavy atom. The summed E-state index contributed by atoms with van der Waals surface area (Å²) in [6.07, 6.45) is 6.68. The molecule has 2 N–H and O–H groups in total. The van der Waals surface area contributed by atoms with Crippen LogP contribution in [0.15, 0.2) is 15.6 Å². The second-order valence-electron chi connectivity index (χ2n) is 5.81. The minimum atomic E-state index is 0.496. The highest BCUT2D eigenvalue weighted by Gasteiger charge is 2.28. The summed E-state index contributed by atoms with van der Waals surface area (Å²) in [7, 11) is 0. The SMILES string of the molecule is CC1CCCN(C(N)=NCc2cnc(C3CC3)o2)C1. The summed E-state index contributed by atoms with van der Waals surface area (Å²) < 4.78 is 5.67. The second-order valence-corrected chi connectivity index (χ2v) is 5.81. The van der Waals surface area contributed by atoms with Gasteiger partial charge in [0.1, 0.15) is 12.3 Å². The van der Waals surface area contributed by atoms with Crippen molar-refractivity contribution in [3.63, 3.8) is 0 Å². The minimum absolute atomic E-state index is 0.496. The molecule has 0 bridgehead atoms. The van der Waals surface area contributed by atoms with Crippen LogP contribution in [0.1, 0.15) is 50.2 Å². The number of rotatable bonds is 3. The van der Waals surface area contributed by atoms with Crippen LogP contribution in [0.2, 0.25) is 0 Å². The molecule has 1 aromatic heterocycles. The molecule has 0 aromatic carbocycles. The zero-order valence-electron chi connectivity index (χ0n) is 11.5. The van der Waals surface area contributed by atoms with Gasteiger partial charge in [-0.2, -0.15) is 0 Å². The molecule has 5 heteroatoms. The van der Waals surface area contributed by atoms with Gasteiger partial charge < -0.3 is 15.1 Å². The molecule has 19 heavy (non-hydrogen) atoms. The zero-order chi connectivity index (χ0) is 13.2. The fraction of sp³-hybridized carbons (Fsp3) is 0.714. The van der Waals surface area contributed by atoms with E-state index >= 15 is 0 Å². The highest BCUT2D eigenvalue weighted by atomic mass is 16.4. The van der Waals surface area contributed by atoms with Crippen molar-refractivity contribution in [2.45, 2.75) is 45.1 Å². The van der Waals surface area contributed by atoms with E-state index in [0.717, 1.165) is 24.7 Å². The summed E-state index contributed by atoms with van der Waals surface area (Å²) in [6, 6.07) is 0. The fourth-order valence-electron chi connectivity index (χ4n) is 2.57. The lowest BCUT2D eigenvalue weighted by Gasteiger charge is -2.31. The van der Waals surface area contributed by atoms with Crippen LogP contribution < -0.4 is 5.73 Å². The topological polar surface area (TPSA) is 67.7 Å². The number of oxazole rings is 1. The maximum Gasteiger partial charge on any atom is 0.197 e. The second kappa shape index (κ2) is 5.23. The van der Waals surface area contributed by atoms with Crippen LogP contribution in [0.4, 0.5) is 0 Å². The fourth-order valence-corrected chi connectivity index (χ4v) is 2.57. The van der Waals surface area contributed by atoms with Gasteiger partial charge in [0.2, 0.25) is 0 Å². The van der Waals surface area contributed by atoms with E-state index in [0.29, 0.717) is 24.3 Å². The number of nitrogens with two attached hydrogens (primary N) is 1. The Morgan fingerprint density at radius 2 is 2.37 bits per heavy atom. The van der Waals surface area contributed by atoms with Crippen LogP contribution in [0.3, 0.4) is 0 Å². The Bertz CT molecular complexity index is 464. The summed E-state index contributed by atoms with van der Waals surface area (Å²) in [5, 5.41) is 0. The van der Waals surface area contributed by atoms with Crippen LogP contribution in [0, 0.1) is 5.92 Å². The summed E-state index contributed by atoms with van der Waals surface area (Å²) in [6.45, 7) is 4.79. The molecule has 2 fully saturated rings. The zero-order valence-corrected chi connectivity index (χ0v) is 11.5. The van der Waals surface area contributed by atoms with Crippen molar-refractivity contribution >= 4 is 5.96 Å². The van der Waals surface area contributed by atoms with Crippen molar-refractivity contribution in [2.75, 3.05) is 13.1 Å². The van der Waals surface area contributed by atoms with E-state index in [9.17, 15) is 0 Å². The van der Waals surface area contributed by atoms with Gasteiger partial charge in [-0.1, -0.05) is 6.92 Å². The third-order valence-corrected chi connectivity index (χ3v) is 3.88. The lowest BCUT2D eigenvalue weighted by Crippen LogP contribution is -2.43. The molecule has 1 unspecified atom stereocenters. The number of aliphatic imine (C=N–C) groups is 1. The van der Waals surface area contributed by atoms with Gasteiger partial charge in [-0.05, 0) is 31.6 Å². The van der Waals surface area contributed by atoms with Crippen molar-refractivity contribution in [1.82, 2.24) is 9.88 Å². The summed E-state index contributed by atoms with van der Waals surface area (Å²) in [5.41, 5.74) is 6.05. The minimum Gasteiger partial charge on any atom is -0.443 e. The summed E-state index contributed by atoms with van der Waals surface area (Å²) in [4.78, 5) is 10.9. The lowest BCUT2D eigenvalue weighted by atomic mass is 10.0. The molecule has 0 amide bonds. The standard InChI is InChI=1S/C14H22N4O/c1-10-3-2-6-18(9-10)14(15)17-8-12-7-16-13(19-12)11-4-5-11/h7,10-11H,2-6,8-9H2,1H3,(H2,15,17). The first-order chi connectivity index (χ1) is 9.22. The number of piperidine rings is 1. The molecule has 1 aromatic rings. The van der Waals surface area contributed by atoms with Crippen molar-refractivity contribution in [3.8, 4) is 0 Å². The quantitative estimate of drug-likeness (QED) is 0.669. The molecular formula is C14H22N4O. The van der Waals surface area contributed by atoms with Gasteiger partial charge >= 0.3 is 0 Å². The van der Waals surface area contributed by atoms with E-state index < -0.39 is 0 Å². The molecule has 3 rings (SSSR count). The van der Waals surface area contributed by atoms with E-state index in [1.807, 2.05) is 0 Å². The molecule has 5 nitrogen and oxygen atoms in total. The van der Waals surface area contributed by atoms with Gasteiger partial charge in [0, 0.05) is 19.0 Å². The molecule has 1 aliphatic carbocycles. The van der Waals surface area contributed by atoms with Crippen LogP contribution in [-0.2, 0) is 6.54 Å². The Labute approximate surface area is 113 Å². The number of guanidine groups is 1. The van der Waals surface area contributed by atoms with Gasteiger partial charge in [-0.15, -0.1) is 0 Å². The van der Waals surface area contributed by atoms with Crippen LogP contribution in [-0.4, -0.2) is 28.9 Å².